The average molecular weight is 426 g/mol. The fourth-order valence-corrected chi connectivity index (χ4v) is 3.09. The number of nitrogens with zero attached hydrogens (tertiary/aromatic N) is 1. The summed E-state index contributed by atoms with van der Waals surface area (Å²) in [6, 6.07) is 6.18. The third-order valence-electron chi connectivity index (χ3n) is 4.04. The number of β-amino-alcohol motifs (C(OH)–C–C–N with tert-alkyl or cyclic N) is 1. The summed E-state index contributed by atoms with van der Waals surface area (Å²) in [6.45, 7) is 5.29. The number of halogens is 1. The minimum absolute atomic E-state index is 0.0194. The molecule has 1 aromatic carbocycles. The highest BCUT2D eigenvalue weighted by Crippen LogP contribution is 2.23. The van der Waals surface area contributed by atoms with E-state index in [1.165, 1.54) is 4.90 Å². The van der Waals surface area contributed by atoms with Crippen LogP contribution in [0.25, 0.3) is 0 Å². The molecule has 1 fully saturated rings. The molecule has 0 spiro atoms. The van der Waals surface area contributed by atoms with Crippen LogP contribution >= 0.6 is 15.9 Å². The molecule has 0 unspecified atom stereocenters. The Morgan fingerprint density at radius 1 is 1.19 bits per heavy atom. The highest BCUT2D eigenvalue weighted by atomic mass is 79.9. The molecule has 142 valence electrons. The van der Waals surface area contributed by atoms with Gasteiger partial charge in [-0.2, -0.15) is 0 Å². The van der Waals surface area contributed by atoms with Crippen molar-refractivity contribution in [3.05, 3.63) is 34.3 Å². The summed E-state index contributed by atoms with van der Waals surface area (Å²) >= 11 is 3.31. The molecule has 0 saturated carbocycles. The van der Waals surface area contributed by atoms with E-state index < -0.39 is 23.8 Å². The van der Waals surface area contributed by atoms with Gasteiger partial charge in [0.15, 0.2) is 11.6 Å². The fraction of sp³-hybridized carbons (Fsp3) is 0.526. The van der Waals surface area contributed by atoms with Crippen molar-refractivity contribution in [2.45, 2.75) is 57.8 Å². The van der Waals surface area contributed by atoms with Gasteiger partial charge in [0.05, 0.1) is 18.7 Å². The molecule has 1 amide bonds. The molecule has 7 heteroatoms. The number of carbonyl (C=O) groups excluding carboxylic acids is 3. The Morgan fingerprint density at radius 3 is 2.38 bits per heavy atom. The molecule has 1 aliphatic heterocycles. The zero-order chi connectivity index (χ0) is 19.5. The van der Waals surface area contributed by atoms with Crippen LogP contribution < -0.4 is 0 Å². The number of likely N-dealkylation sites (tertiary alicyclic amines) is 1. The van der Waals surface area contributed by atoms with E-state index >= 15 is 0 Å². The van der Waals surface area contributed by atoms with Crippen molar-refractivity contribution in [1.29, 1.82) is 0 Å². The van der Waals surface area contributed by atoms with Gasteiger partial charge < -0.3 is 9.84 Å². The number of ether oxygens (including phenoxy) is 1. The van der Waals surface area contributed by atoms with Gasteiger partial charge in [-0.3, -0.25) is 14.5 Å². The Morgan fingerprint density at radius 2 is 1.81 bits per heavy atom. The number of hydrogen-bond acceptors (Lipinski definition) is 5. The van der Waals surface area contributed by atoms with Crippen LogP contribution in [0, 0.1) is 0 Å². The number of Topliss-reactive ketones (excluding diaryl/α,β-unsaturated/α-hetero) is 2. The SMILES string of the molecule is CC(C)(C)OC(=O)N1C[C@@H](O)C[C@H]1C(=O)CCC(=O)c1ccc(Br)cc1. The van der Waals surface area contributed by atoms with Gasteiger partial charge in [-0.25, -0.2) is 4.79 Å². The highest BCUT2D eigenvalue weighted by molar-refractivity contribution is 9.10. The minimum Gasteiger partial charge on any atom is -0.444 e. The van der Waals surface area contributed by atoms with E-state index in [9.17, 15) is 19.5 Å². The Kier molecular flexibility index (Phi) is 6.58. The average Bonchev–Trinajstić information content (AvgIpc) is 2.93. The number of rotatable bonds is 5. The third-order valence-corrected chi connectivity index (χ3v) is 4.57. The first-order chi connectivity index (χ1) is 12.1. The Labute approximate surface area is 161 Å². The largest absolute Gasteiger partial charge is 0.444 e. The molecule has 2 rings (SSSR count). The first-order valence-electron chi connectivity index (χ1n) is 8.56. The van der Waals surface area contributed by atoms with Crippen LogP contribution in [0.1, 0.15) is 50.4 Å². The molecule has 6 nitrogen and oxygen atoms in total. The lowest BCUT2D eigenvalue weighted by Crippen LogP contribution is -2.43. The lowest BCUT2D eigenvalue weighted by molar-refractivity contribution is -0.123. The van der Waals surface area contributed by atoms with Gasteiger partial charge in [-0.1, -0.05) is 28.1 Å². The van der Waals surface area contributed by atoms with Crippen LogP contribution in [0.15, 0.2) is 28.7 Å². The maximum atomic E-state index is 12.5. The maximum Gasteiger partial charge on any atom is 0.410 e. The van der Waals surface area contributed by atoms with Crippen LogP contribution in [0.2, 0.25) is 0 Å². The Bertz CT molecular complexity index is 680. The molecule has 26 heavy (non-hydrogen) atoms. The summed E-state index contributed by atoms with van der Waals surface area (Å²) in [7, 11) is 0. The van der Waals surface area contributed by atoms with E-state index in [4.69, 9.17) is 4.74 Å². The van der Waals surface area contributed by atoms with Gasteiger partial charge in [0.25, 0.3) is 0 Å². The van der Waals surface area contributed by atoms with Crippen LogP contribution in [-0.2, 0) is 9.53 Å². The first kappa shape index (κ1) is 20.6. The minimum atomic E-state index is -0.765. The number of hydrogen-bond donors (Lipinski definition) is 1. The van der Waals surface area contributed by atoms with Crippen LogP contribution in [0.5, 0.6) is 0 Å². The molecule has 1 N–H and O–H groups in total. The van der Waals surface area contributed by atoms with E-state index in [0.717, 1.165) is 4.47 Å². The maximum absolute atomic E-state index is 12.5. The molecule has 0 aromatic heterocycles. The molecule has 1 aromatic rings. The summed E-state index contributed by atoms with van der Waals surface area (Å²) in [4.78, 5) is 38.3. The van der Waals surface area contributed by atoms with E-state index in [1.807, 2.05) is 0 Å². The molecule has 0 bridgehead atoms. The van der Waals surface area contributed by atoms with Crippen molar-refractivity contribution >= 4 is 33.6 Å². The van der Waals surface area contributed by atoms with Crippen molar-refractivity contribution in [3.63, 3.8) is 0 Å². The fourth-order valence-electron chi connectivity index (χ4n) is 2.82. The molecule has 1 saturated heterocycles. The number of aliphatic hydroxyl groups is 1. The molecular weight excluding hydrogens is 402 g/mol. The van der Waals surface area contributed by atoms with Gasteiger partial charge in [0, 0.05) is 29.3 Å². The summed E-state index contributed by atoms with van der Waals surface area (Å²) in [6.07, 6.45) is -1.13. The van der Waals surface area contributed by atoms with Crippen molar-refractivity contribution in [1.82, 2.24) is 4.90 Å². The smallest absolute Gasteiger partial charge is 0.410 e. The summed E-state index contributed by atoms with van der Waals surface area (Å²) < 4.78 is 6.18. The van der Waals surface area contributed by atoms with Crippen LogP contribution in [0.3, 0.4) is 0 Å². The number of ketones is 2. The standard InChI is InChI=1S/C19H24BrNO5/c1-19(2,3)26-18(25)21-11-14(22)10-15(21)17(24)9-8-16(23)12-4-6-13(20)7-5-12/h4-7,14-15,22H,8-11H2,1-3H3/t14-,15-/m0/s1. The van der Waals surface area contributed by atoms with E-state index in [-0.39, 0.29) is 37.4 Å². The number of amides is 1. The Balaban J connectivity index is 1.97. The van der Waals surface area contributed by atoms with Crippen LogP contribution in [-0.4, -0.2) is 52.0 Å². The van der Waals surface area contributed by atoms with Crippen molar-refractivity contribution in [2.24, 2.45) is 0 Å². The lowest BCUT2D eigenvalue weighted by atomic mass is 10.0. The summed E-state index contributed by atoms with van der Waals surface area (Å²) in [5.41, 5.74) is -0.146. The summed E-state index contributed by atoms with van der Waals surface area (Å²) in [5.74, 6) is -0.369. The molecule has 0 aliphatic carbocycles. The first-order valence-corrected chi connectivity index (χ1v) is 9.35. The third kappa shape index (κ3) is 5.64. The number of benzene rings is 1. The van der Waals surface area contributed by atoms with Crippen molar-refractivity contribution in [3.8, 4) is 0 Å². The second kappa shape index (κ2) is 8.31. The zero-order valence-electron chi connectivity index (χ0n) is 15.2. The normalized spacial score (nSPS) is 20.1. The van der Waals surface area contributed by atoms with Gasteiger partial charge in [0.2, 0.25) is 0 Å². The van der Waals surface area contributed by atoms with Gasteiger partial charge in [-0.05, 0) is 32.9 Å². The lowest BCUT2D eigenvalue weighted by Gasteiger charge is -2.27. The van der Waals surface area contributed by atoms with Crippen LogP contribution in [0.4, 0.5) is 4.79 Å². The molecule has 0 radical (unpaired) electrons. The van der Waals surface area contributed by atoms with Crippen molar-refractivity contribution < 1.29 is 24.2 Å². The van der Waals surface area contributed by atoms with Crippen molar-refractivity contribution in [2.75, 3.05) is 6.54 Å². The van der Waals surface area contributed by atoms with E-state index in [0.29, 0.717) is 5.56 Å². The van der Waals surface area contributed by atoms with Gasteiger partial charge >= 0.3 is 6.09 Å². The second-order valence-corrected chi connectivity index (χ2v) is 8.35. The topological polar surface area (TPSA) is 83.9 Å². The number of aliphatic hydroxyl groups excluding tert-OH is 1. The zero-order valence-corrected chi connectivity index (χ0v) is 16.8. The highest BCUT2D eigenvalue weighted by Gasteiger charge is 2.40. The monoisotopic (exact) mass is 425 g/mol. The summed E-state index contributed by atoms with van der Waals surface area (Å²) in [5, 5.41) is 9.87. The number of carbonyl (C=O) groups is 3. The molecule has 1 heterocycles. The predicted molar refractivity (Wildman–Crippen MR) is 100 cm³/mol. The second-order valence-electron chi connectivity index (χ2n) is 7.43. The molecule has 1 aliphatic rings. The van der Waals surface area contributed by atoms with Gasteiger partial charge in [0.1, 0.15) is 5.60 Å². The predicted octanol–water partition coefficient (Wildman–Crippen LogP) is 3.35. The van der Waals surface area contributed by atoms with E-state index in [1.54, 1.807) is 45.0 Å². The van der Waals surface area contributed by atoms with E-state index in [2.05, 4.69) is 15.9 Å². The quantitative estimate of drug-likeness (QED) is 0.731. The molecular formula is C19H24BrNO5. The van der Waals surface area contributed by atoms with Gasteiger partial charge in [-0.15, -0.1) is 0 Å². The Hall–Kier alpha value is -1.73. The molecule has 2 atom stereocenters.